The average Bonchev–Trinajstić information content (AvgIpc) is 2.30. The summed E-state index contributed by atoms with van der Waals surface area (Å²) in [6.07, 6.45) is -0.0439. The van der Waals surface area contributed by atoms with Crippen LogP contribution in [0.3, 0.4) is 0 Å². The van der Waals surface area contributed by atoms with E-state index in [1.807, 2.05) is 6.07 Å². The number of hydrogen-bond donors (Lipinski definition) is 1. The molecule has 1 aliphatic rings. The predicted molar refractivity (Wildman–Crippen MR) is 57.5 cm³/mol. The Kier molecular flexibility index (Phi) is 3.57. The summed E-state index contributed by atoms with van der Waals surface area (Å²) in [7, 11) is 0. The second-order valence-corrected chi connectivity index (χ2v) is 3.82. The third-order valence-corrected chi connectivity index (χ3v) is 2.81. The van der Waals surface area contributed by atoms with Crippen LogP contribution in [-0.2, 0) is 10.6 Å². The minimum Gasteiger partial charge on any atom is -0.371 e. The third kappa shape index (κ3) is 2.48. The number of morpholine rings is 1. The summed E-state index contributed by atoms with van der Waals surface area (Å²) in [5.74, 6) is -0.0488. The molecular formula is C11H13ClFNO. The first-order valence-corrected chi connectivity index (χ1v) is 5.51. The number of nitrogens with one attached hydrogen (secondary N) is 1. The van der Waals surface area contributed by atoms with Crippen molar-refractivity contribution < 1.29 is 9.13 Å². The van der Waals surface area contributed by atoms with Crippen molar-refractivity contribution in [2.45, 2.75) is 12.0 Å². The number of benzene rings is 1. The van der Waals surface area contributed by atoms with E-state index in [1.165, 1.54) is 6.07 Å². The zero-order chi connectivity index (χ0) is 10.7. The number of halogens is 2. The standard InChI is InChI=1S/C11H13ClFNO/c12-6-9-2-1-8(5-10(9)13)11-7-14-3-4-15-11/h1-2,5,11,14H,3-4,6-7H2. The molecule has 1 fully saturated rings. The molecule has 0 radical (unpaired) electrons. The van der Waals surface area contributed by atoms with Crippen molar-refractivity contribution in [1.82, 2.24) is 5.32 Å². The van der Waals surface area contributed by atoms with E-state index >= 15 is 0 Å². The first kappa shape index (κ1) is 10.9. The van der Waals surface area contributed by atoms with Crippen molar-refractivity contribution in [2.75, 3.05) is 19.7 Å². The lowest BCUT2D eigenvalue weighted by atomic mass is 10.1. The summed E-state index contributed by atoms with van der Waals surface area (Å²) in [4.78, 5) is 0. The first-order valence-electron chi connectivity index (χ1n) is 4.98. The molecule has 1 aromatic rings. The van der Waals surface area contributed by atoms with E-state index in [1.54, 1.807) is 6.07 Å². The topological polar surface area (TPSA) is 21.3 Å². The molecule has 1 N–H and O–H groups in total. The lowest BCUT2D eigenvalue weighted by Crippen LogP contribution is -2.33. The van der Waals surface area contributed by atoms with Crippen molar-refractivity contribution in [3.05, 3.63) is 35.1 Å². The second kappa shape index (κ2) is 4.92. The molecule has 1 unspecified atom stereocenters. The highest BCUT2D eigenvalue weighted by molar-refractivity contribution is 6.17. The van der Waals surface area contributed by atoms with E-state index in [9.17, 15) is 4.39 Å². The maximum absolute atomic E-state index is 13.4. The van der Waals surface area contributed by atoms with E-state index in [0.717, 1.165) is 18.7 Å². The summed E-state index contributed by atoms with van der Waals surface area (Å²) in [6, 6.07) is 5.10. The molecule has 0 aromatic heterocycles. The molecule has 1 heterocycles. The molecule has 0 bridgehead atoms. The van der Waals surface area contributed by atoms with Gasteiger partial charge < -0.3 is 10.1 Å². The number of ether oxygens (including phenoxy) is 1. The summed E-state index contributed by atoms with van der Waals surface area (Å²) < 4.78 is 19.0. The van der Waals surface area contributed by atoms with Gasteiger partial charge in [0.2, 0.25) is 0 Å². The van der Waals surface area contributed by atoms with Crippen LogP contribution in [-0.4, -0.2) is 19.7 Å². The monoisotopic (exact) mass is 229 g/mol. The van der Waals surface area contributed by atoms with Gasteiger partial charge in [-0.2, -0.15) is 0 Å². The Morgan fingerprint density at radius 2 is 2.40 bits per heavy atom. The highest BCUT2D eigenvalue weighted by Gasteiger charge is 2.16. The molecule has 15 heavy (non-hydrogen) atoms. The van der Waals surface area contributed by atoms with E-state index in [0.29, 0.717) is 12.2 Å². The van der Waals surface area contributed by atoms with Gasteiger partial charge in [-0.05, 0) is 11.6 Å². The molecule has 1 atom stereocenters. The maximum atomic E-state index is 13.4. The van der Waals surface area contributed by atoms with E-state index in [4.69, 9.17) is 16.3 Å². The van der Waals surface area contributed by atoms with Gasteiger partial charge in [-0.3, -0.25) is 0 Å². The Morgan fingerprint density at radius 3 is 3.00 bits per heavy atom. The molecule has 1 aromatic carbocycles. The van der Waals surface area contributed by atoms with Crippen molar-refractivity contribution in [1.29, 1.82) is 0 Å². The van der Waals surface area contributed by atoms with Crippen LogP contribution < -0.4 is 5.32 Å². The highest BCUT2D eigenvalue weighted by Crippen LogP contribution is 2.21. The quantitative estimate of drug-likeness (QED) is 0.786. The minimum atomic E-state index is -0.253. The zero-order valence-electron chi connectivity index (χ0n) is 8.30. The van der Waals surface area contributed by atoms with Crippen LogP contribution in [0.15, 0.2) is 18.2 Å². The van der Waals surface area contributed by atoms with E-state index in [2.05, 4.69) is 5.32 Å². The third-order valence-electron chi connectivity index (χ3n) is 2.52. The van der Waals surface area contributed by atoms with Gasteiger partial charge in [0.15, 0.2) is 0 Å². The van der Waals surface area contributed by atoms with Crippen LogP contribution in [0.4, 0.5) is 4.39 Å². The smallest absolute Gasteiger partial charge is 0.127 e. The van der Waals surface area contributed by atoms with Gasteiger partial charge >= 0.3 is 0 Å². The van der Waals surface area contributed by atoms with Gasteiger partial charge in [-0.1, -0.05) is 12.1 Å². The fourth-order valence-electron chi connectivity index (χ4n) is 1.65. The molecule has 2 nitrogen and oxygen atoms in total. The molecule has 0 aliphatic carbocycles. The molecule has 0 spiro atoms. The van der Waals surface area contributed by atoms with Crippen molar-refractivity contribution >= 4 is 11.6 Å². The lowest BCUT2D eigenvalue weighted by molar-refractivity contribution is 0.0275. The van der Waals surface area contributed by atoms with Gasteiger partial charge in [0.1, 0.15) is 5.82 Å². The molecule has 2 rings (SSSR count). The summed E-state index contributed by atoms with van der Waals surface area (Å²) in [5.41, 5.74) is 1.40. The Morgan fingerprint density at radius 1 is 1.53 bits per heavy atom. The predicted octanol–water partition coefficient (Wildman–Crippen LogP) is 2.23. The number of hydrogen-bond acceptors (Lipinski definition) is 2. The van der Waals surface area contributed by atoms with Crippen LogP contribution in [0.1, 0.15) is 17.2 Å². The number of rotatable bonds is 2. The molecule has 1 aliphatic heterocycles. The van der Waals surface area contributed by atoms with Crippen molar-refractivity contribution in [2.24, 2.45) is 0 Å². The normalized spacial score (nSPS) is 21.6. The lowest BCUT2D eigenvalue weighted by Gasteiger charge is -2.24. The molecule has 4 heteroatoms. The summed E-state index contributed by atoms with van der Waals surface area (Å²) in [5, 5.41) is 3.21. The van der Waals surface area contributed by atoms with Gasteiger partial charge in [-0.15, -0.1) is 11.6 Å². The fraction of sp³-hybridized carbons (Fsp3) is 0.455. The van der Waals surface area contributed by atoms with Gasteiger partial charge in [0, 0.05) is 18.7 Å². The van der Waals surface area contributed by atoms with Crippen molar-refractivity contribution in [3.63, 3.8) is 0 Å². The van der Waals surface area contributed by atoms with Gasteiger partial charge in [0.05, 0.1) is 18.6 Å². The fourth-order valence-corrected chi connectivity index (χ4v) is 1.87. The molecular weight excluding hydrogens is 217 g/mol. The van der Waals surface area contributed by atoms with Crippen LogP contribution >= 0.6 is 11.6 Å². The van der Waals surface area contributed by atoms with Crippen LogP contribution in [0.2, 0.25) is 0 Å². The largest absolute Gasteiger partial charge is 0.371 e. The average molecular weight is 230 g/mol. The van der Waals surface area contributed by atoms with E-state index < -0.39 is 0 Å². The van der Waals surface area contributed by atoms with Gasteiger partial charge in [-0.25, -0.2) is 4.39 Å². The summed E-state index contributed by atoms with van der Waals surface area (Å²) >= 11 is 5.59. The summed E-state index contributed by atoms with van der Waals surface area (Å²) in [6.45, 7) is 2.27. The first-order chi connectivity index (χ1) is 7.31. The number of alkyl halides is 1. The Bertz CT molecular complexity index is 339. The molecule has 82 valence electrons. The Hall–Kier alpha value is -0.640. The zero-order valence-corrected chi connectivity index (χ0v) is 9.06. The second-order valence-electron chi connectivity index (χ2n) is 3.55. The Labute approximate surface area is 93.4 Å². The highest BCUT2D eigenvalue weighted by atomic mass is 35.5. The minimum absolute atomic E-state index is 0.0439. The van der Waals surface area contributed by atoms with E-state index in [-0.39, 0.29) is 17.8 Å². The molecule has 0 saturated carbocycles. The van der Waals surface area contributed by atoms with Crippen LogP contribution in [0, 0.1) is 5.82 Å². The molecule has 0 amide bonds. The van der Waals surface area contributed by atoms with Crippen molar-refractivity contribution in [3.8, 4) is 0 Å². The van der Waals surface area contributed by atoms with Crippen LogP contribution in [0.5, 0.6) is 0 Å². The van der Waals surface area contributed by atoms with Crippen LogP contribution in [0.25, 0.3) is 0 Å². The molecule has 1 saturated heterocycles. The van der Waals surface area contributed by atoms with Gasteiger partial charge in [0.25, 0.3) is 0 Å². The maximum Gasteiger partial charge on any atom is 0.127 e. The SMILES string of the molecule is Fc1cc(C2CNCCO2)ccc1CCl. The Balaban J connectivity index is 2.17.